The number of aliphatic carboxylic acids is 1. The summed E-state index contributed by atoms with van der Waals surface area (Å²) in [5, 5.41) is 14.6. The molecule has 1 fully saturated rings. The maximum atomic E-state index is 12.9. The Morgan fingerprint density at radius 3 is 2.09 bits per heavy atom. The van der Waals surface area contributed by atoms with Gasteiger partial charge in [0.25, 0.3) is 0 Å². The van der Waals surface area contributed by atoms with Crippen LogP contribution in [0.5, 0.6) is 0 Å². The first-order chi connectivity index (χ1) is 17.0. The number of amides is 2. The van der Waals surface area contributed by atoms with Crippen molar-refractivity contribution in [1.29, 1.82) is 0 Å². The lowest BCUT2D eigenvalue weighted by Gasteiger charge is -2.20. The van der Waals surface area contributed by atoms with Crippen LogP contribution < -0.4 is 10.6 Å². The summed E-state index contributed by atoms with van der Waals surface area (Å²) >= 11 is 0. The molecule has 0 bridgehead atoms. The number of carboxylic acid groups (broad SMARTS) is 1. The summed E-state index contributed by atoms with van der Waals surface area (Å²) in [6, 6.07) is 24.1. The number of hydrogen-bond acceptors (Lipinski definition) is 4. The molecule has 3 aromatic rings. The first-order valence-electron chi connectivity index (χ1n) is 11.7. The molecule has 3 aromatic carbocycles. The number of alkyl carbamates (subject to hydrolysis) is 1. The van der Waals surface area contributed by atoms with Crippen molar-refractivity contribution in [3.8, 4) is 11.1 Å². The van der Waals surface area contributed by atoms with E-state index in [1.165, 1.54) is 0 Å². The van der Waals surface area contributed by atoms with Gasteiger partial charge in [-0.25, -0.2) is 4.79 Å². The molecule has 2 amide bonds. The van der Waals surface area contributed by atoms with Crippen LogP contribution in [0.3, 0.4) is 0 Å². The molecule has 35 heavy (non-hydrogen) atoms. The van der Waals surface area contributed by atoms with Crippen LogP contribution in [0.25, 0.3) is 11.1 Å². The van der Waals surface area contributed by atoms with Crippen LogP contribution in [0.15, 0.2) is 78.9 Å². The van der Waals surface area contributed by atoms with E-state index < -0.39 is 29.9 Å². The number of benzene rings is 3. The zero-order valence-electron chi connectivity index (χ0n) is 19.0. The molecule has 5 rings (SSSR count). The molecule has 1 saturated carbocycles. The Bertz CT molecular complexity index is 1210. The van der Waals surface area contributed by atoms with Gasteiger partial charge in [0.05, 0.1) is 5.92 Å². The fourth-order valence-electron chi connectivity index (χ4n) is 4.81. The van der Waals surface area contributed by atoms with E-state index in [1.807, 2.05) is 42.5 Å². The lowest BCUT2D eigenvalue weighted by Crippen LogP contribution is -2.41. The lowest BCUT2D eigenvalue weighted by molar-refractivity contribution is -0.139. The van der Waals surface area contributed by atoms with Crippen molar-refractivity contribution in [3.05, 3.63) is 95.6 Å². The summed E-state index contributed by atoms with van der Waals surface area (Å²) in [6.07, 6.45) is -0.142. The topological polar surface area (TPSA) is 105 Å². The molecule has 178 valence electrons. The fourth-order valence-corrected chi connectivity index (χ4v) is 4.81. The average Bonchev–Trinajstić information content (AvgIpc) is 3.61. The summed E-state index contributed by atoms with van der Waals surface area (Å²) in [7, 11) is 0. The van der Waals surface area contributed by atoms with Gasteiger partial charge in [-0.3, -0.25) is 9.59 Å². The standard InChI is InChI=1S/C28H26N2O5/c31-26(29-15-18-14-23(18)27(32)33)25(17-8-2-1-3-9-17)30-28(34)35-16-24-21-12-6-4-10-19(21)20-11-5-7-13-22(20)24/h1-13,18,23-25H,14-16H2,(H,29,31)(H,30,34)(H,32,33)/t18-,23-,25-/m1/s1. The van der Waals surface area contributed by atoms with Crippen LogP contribution in [0.1, 0.15) is 35.1 Å². The van der Waals surface area contributed by atoms with Gasteiger partial charge in [-0.1, -0.05) is 78.9 Å². The monoisotopic (exact) mass is 470 g/mol. The number of nitrogens with one attached hydrogen (secondary N) is 2. The van der Waals surface area contributed by atoms with Gasteiger partial charge in [0.2, 0.25) is 5.91 Å². The molecular formula is C28H26N2O5. The molecule has 2 aliphatic carbocycles. The number of carbonyl (C=O) groups is 3. The van der Waals surface area contributed by atoms with E-state index in [4.69, 9.17) is 9.84 Å². The highest BCUT2D eigenvalue weighted by molar-refractivity contribution is 5.87. The summed E-state index contributed by atoms with van der Waals surface area (Å²) in [4.78, 5) is 36.8. The molecule has 0 aliphatic heterocycles. The van der Waals surface area contributed by atoms with Gasteiger partial charge >= 0.3 is 12.1 Å². The van der Waals surface area contributed by atoms with Crippen molar-refractivity contribution < 1.29 is 24.2 Å². The molecule has 7 nitrogen and oxygen atoms in total. The second-order valence-electron chi connectivity index (χ2n) is 9.00. The van der Waals surface area contributed by atoms with Crippen LogP contribution in [0, 0.1) is 11.8 Å². The quantitative estimate of drug-likeness (QED) is 0.460. The number of rotatable bonds is 8. The van der Waals surface area contributed by atoms with E-state index in [0.717, 1.165) is 22.3 Å². The van der Waals surface area contributed by atoms with Crippen LogP contribution in [-0.2, 0) is 14.3 Å². The van der Waals surface area contributed by atoms with E-state index in [9.17, 15) is 14.4 Å². The summed E-state index contributed by atoms with van der Waals surface area (Å²) in [5.74, 6) is -1.83. The van der Waals surface area contributed by atoms with Gasteiger partial charge < -0.3 is 20.5 Å². The van der Waals surface area contributed by atoms with Gasteiger partial charge in [-0.05, 0) is 40.2 Å². The van der Waals surface area contributed by atoms with Crippen LogP contribution >= 0.6 is 0 Å². The molecule has 7 heteroatoms. The third-order valence-corrected chi connectivity index (χ3v) is 6.78. The fraction of sp³-hybridized carbons (Fsp3) is 0.250. The minimum absolute atomic E-state index is 0.0812. The van der Waals surface area contributed by atoms with Crippen molar-refractivity contribution in [2.24, 2.45) is 11.8 Å². The Labute approximate surface area is 203 Å². The highest BCUT2D eigenvalue weighted by atomic mass is 16.5. The van der Waals surface area contributed by atoms with Gasteiger partial charge in [-0.2, -0.15) is 0 Å². The molecule has 2 aliphatic rings. The highest BCUT2D eigenvalue weighted by Gasteiger charge is 2.43. The van der Waals surface area contributed by atoms with Gasteiger partial charge in [0.1, 0.15) is 12.6 Å². The Morgan fingerprint density at radius 1 is 0.886 bits per heavy atom. The Balaban J connectivity index is 1.25. The molecule has 0 aromatic heterocycles. The molecule has 0 saturated heterocycles. The smallest absolute Gasteiger partial charge is 0.408 e. The van der Waals surface area contributed by atoms with E-state index in [2.05, 4.69) is 22.8 Å². The Morgan fingerprint density at radius 2 is 1.49 bits per heavy atom. The van der Waals surface area contributed by atoms with Gasteiger partial charge in [-0.15, -0.1) is 0 Å². The van der Waals surface area contributed by atoms with E-state index >= 15 is 0 Å². The van der Waals surface area contributed by atoms with Gasteiger partial charge in [0.15, 0.2) is 0 Å². The molecule has 0 heterocycles. The molecular weight excluding hydrogens is 444 g/mol. The molecule has 0 spiro atoms. The molecule has 3 atom stereocenters. The third kappa shape index (κ3) is 4.75. The minimum Gasteiger partial charge on any atom is -0.481 e. The maximum Gasteiger partial charge on any atom is 0.408 e. The molecule has 3 N–H and O–H groups in total. The summed E-state index contributed by atoms with van der Waals surface area (Å²) in [5.41, 5.74) is 5.11. The number of fused-ring (bicyclic) bond motifs is 3. The maximum absolute atomic E-state index is 12.9. The number of carbonyl (C=O) groups excluding carboxylic acids is 2. The molecule has 0 radical (unpaired) electrons. The van der Waals surface area contributed by atoms with E-state index in [-0.39, 0.29) is 25.0 Å². The normalized spacial score (nSPS) is 18.6. The largest absolute Gasteiger partial charge is 0.481 e. The second-order valence-corrected chi connectivity index (χ2v) is 9.00. The lowest BCUT2D eigenvalue weighted by atomic mass is 9.98. The predicted molar refractivity (Wildman–Crippen MR) is 130 cm³/mol. The van der Waals surface area contributed by atoms with Crippen LogP contribution in [0.4, 0.5) is 4.79 Å². The van der Waals surface area contributed by atoms with Crippen molar-refractivity contribution >= 4 is 18.0 Å². The van der Waals surface area contributed by atoms with Crippen molar-refractivity contribution in [1.82, 2.24) is 10.6 Å². The number of carboxylic acids is 1. The van der Waals surface area contributed by atoms with E-state index in [1.54, 1.807) is 24.3 Å². The van der Waals surface area contributed by atoms with Crippen molar-refractivity contribution in [2.45, 2.75) is 18.4 Å². The Hall–Kier alpha value is -4.13. The predicted octanol–water partition coefficient (Wildman–Crippen LogP) is 4.10. The first-order valence-corrected chi connectivity index (χ1v) is 11.7. The van der Waals surface area contributed by atoms with Crippen LogP contribution in [-0.4, -0.2) is 36.2 Å². The summed E-state index contributed by atoms with van der Waals surface area (Å²) < 4.78 is 5.62. The minimum atomic E-state index is -0.950. The number of hydrogen-bond donors (Lipinski definition) is 3. The zero-order valence-corrected chi connectivity index (χ0v) is 19.0. The van der Waals surface area contributed by atoms with Gasteiger partial charge in [0, 0.05) is 12.5 Å². The van der Waals surface area contributed by atoms with Crippen molar-refractivity contribution in [2.75, 3.05) is 13.2 Å². The SMILES string of the molecule is O=C(N[C@@H](C(=O)NC[C@H]1C[C@H]1C(=O)O)c1ccccc1)OCC1c2ccccc2-c2ccccc21. The third-order valence-electron chi connectivity index (χ3n) is 6.78. The number of ether oxygens (including phenoxy) is 1. The summed E-state index contributed by atoms with van der Waals surface area (Å²) in [6.45, 7) is 0.400. The average molecular weight is 471 g/mol. The molecule has 0 unspecified atom stereocenters. The Kier molecular flexibility index (Phi) is 6.23. The second kappa shape index (κ2) is 9.62. The van der Waals surface area contributed by atoms with Crippen LogP contribution in [0.2, 0.25) is 0 Å². The highest BCUT2D eigenvalue weighted by Crippen LogP contribution is 2.44. The van der Waals surface area contributed by atoms with E-state index in [0.29, 0.717) is 12.0 Å². The van der Waals surface area contributed by atoms with Crippen molar-refractivity contribution in [3.63, 3.8) is 0 Å². The zero-order chi connectivity index (χ0) is 24.4. The first kappa shape index (κ1) is 22.7.